The van der Waals surface area contributed by atoms with Crippen molar-refractivity contribution in [2.75, 3.05) is 7.11 Å². The van der Waals surface area contributed by atoms with Crippen molar-refractivity contribution in [2.45, 2.75) is 45.1 Å². The molecule has 1 saturated carbocycles. The Morgan fingerprint density at radius 3 is 2.78 bits per heavy atom. The molecule has 0 aliphatic heterocycles. The highest BCUT2D eigenvalue weighted by atomic mass is 16.5. The summed E-state index contributed by atoms with van der Waals surface area (Å²) in [6, 6.07) is 7.99. The van der Waals surface area contributed by atoms with Crippen molar-refractivity contribution in [3.63, 3.8) is 0 Å². The van der Waals surface area contributed by atoms with Gasteiger partial charge in [0.15, 0.2) is 0 Å². The third kappa shape index (κ3) is 3.05. The van der Waals surface area contributed by atoms with E-state index in [0.717, 1.165) is 17.2 Å². The molecule has 0 aromatic heterocycles. The van der Waals surface area contributed by atoms with Crippen molar-refractivity contribution < 1.29 is 9.84 Å². The quantitative estimate of drug-likeness (QED) is 0.865. The first kappa shape index (κ1) is 13.4. The number of methoxy groups -OCH3 is 1. The van der Waals surface area contributed by atoms with Gasteiger partial charge >= 0.3 is 0 Å². The second-order valence-corrected chi connectivity index (χ2v) is 5.43. The highest BCUT2D eigenvalue weighted by Gasteiger charge is 2.29. The topological polar surface area (TPSA) is 29.5 Å². The first-order valence-electron chi connectivity index (χ1n) is 7.04. The van der Waals surface area contributed by atoms with Gasteiger partial charge in [0.2, 0.25) is 0 Å². The monoisotopic (exact) mass is 248 g/mol. The number of rotatable bonds is 5. The Balaban J connectivity index is 1.96. The fraction of sp³-hybridized carbons (Fsp3) is 0.625. The van der Waals surface area contributed by atoms with Crippen molar-refractivity contribution in [3.8, 4) is 5.75 Å². The molecule has 1 aromatic rings. The van der Waals surface area contributed by atoms with Crippen molar-refractivity contribution in [1.82, 2.24) is 0 Å². The predicted octanol–water partition coefficient (Wildman–Crippen LogP) is 3.42. The zero-order valence-corrected chi connectivity index (χ0v) is 11.4. The first-order chi connectivity index (χ1) is 8.74. The van der Waals surface area contributed by atoms with Gasteiger partial charge in [0, 0.05) is 6.42 Å². The van der Waals surface area contributed by atoms with E-state index >= 15 is 0 Å². The van der Waals surface area contributed by atoms with Crippen LogP contribution in [0.25, 0.3) is 0 Å². The lowest BCUT2D eigenvalue weighted by Crippen LogP contribution is -2.21. The number of aliphatic hydroxyl groups excluding tert-OH is 1. The van der Waals surface area contributed by atoms with Gasteiger partial charge in [0.25, 0.3) is 0 Å². The van der Waals surface area contributed by atoms with Crippen LogP contribution in [0.1, 0.15) is 38.2 Å². The molecule has 100 valence electrons. The van der Waals surface area contributed by atoms with Crippen LogP contribution in [0.3, 0.4) is 0 Å². The Labute approximate surface area is 110 Å². The van der Waals surface area contributed by atoms with E-state index in [4.69, 9.17) is 4.74 Å². The standard InChI is InChI=1S/C16H24O2/c1-3-12-8-9-13(10-12)15(17)11-14-6-4-5-7-16(14)18-2/h4-7,12-13,15,17H,3,8-11H2,1-2H3. The Morgan fingerprint density at radius 1 is 1.33 bits per heavy atom. The summed E-state index contributed by atoms with van der Waals surface area (Å²) in [6.07, 6.45) is 5.38. The zero-order chi connectivity index (χ0) is 13.0. The lowest BCUT2D eigenvalue weighted by atomic mass is 9.93. The van der Waals surface area contributed by atoms with Crippen molar-refractivity contribution >= 4 is 0 Å². The van der Waals surface area contributed by atoms with Crippen LogP contribution in [0.5, 0.6) is 5.75 Å². The zero-order valence-electron chi connectivity index (χ0n) is 11.4. The van der Waals surface area contributed by atoms with Gasteiger partial charge in [-0.25, -0.2) is 0 Å². The average Bonchev–Trinajstić information content (AvgIpc) is 2.88. The molecule has 2 rings (SSSR count). The summed E-state index contributed by atoms with van der Waals surface area (Å²) in [5.41, 5.74) is 1.12. The maximum absolute atomic E-state index is 10.4. The second kappa shape index (κ2) is 6.24. The molecule has 3 unspecified atom stereocenters. The van der Waals surface area contributed by atoms with Crippen LogP contribution < -0.4 is 4.74 Å². The predicted molar refractivity (Wildman–Crippen MR) is 73.8 cm³/mol. The number of benzene rings is 1. The Morgan fingerprint density at radius 2 is 2.11 bits per heavy atom. The number of aliphatic hydroxyl groups is 1. The Kier molecular flexibility index (Phi) is 4.65. The van der Waals surface area contributed by atoms with Gasteiger partial charge in [0.05, 0.1) is 13.2 Å². The maximum atomic E-state index is 10.4. The van der Waals surface area contributed by atoms with E-state index in [0.29, 0.717) is 12.3 Å². The second-order valence-electron chi connectivity index (χ2n) is 5.43. The molecule has 1 aliphatic rings. The smallest absolute Gasteiger partial charge is 0.122 e. The fourth-order valence-electron chi connectivity index (χ4n) is 3.10. The van der Waals surface area contributed by atoms with Crippen LogP contribution in [0.2, 0.25) is 0 Å². The molecule has 0 radical (unpaired) electrons. The third-order valence-electron chi connectivity index (χ3n) is 4.32. The lowest BCUT2D eigenvalue weighted by molar-refractivity contribution is 0.108. The molecule has 3 atom stereocenters. The molecule has 2 nitrogen and oxygen atoms in total. The van der Waals surface area contributed by atoms with Crippen LogP contribution >= 0.6 is 0 Å². The van der Waals surface area contributed by atoms with Crippen molar-refractivity contribution in [2.24, 2.45) is 11.8 Å². The minimum absolute atomic E-state index is 0.224. The minimum Gasteiger partial charge on any atom is -0.496 e. The van der Waals surface area contributed by atoms with Crippen LogP contribution in [-0.4, -0.2) is 18.3 Å². The largest absolute Gasteiger partial charge is 0.496 e. The third-order valence-corrected chi connectivity index (χ3v) is 4.32. The van der Waals surface area contributed by atoms with Gasteiger partial charge < -0.3 is 9.84 Å². The van der Waals surface area contributed by atoms with E-state index in [9.17, 15) is 5.11 Å². The maximum Gasteiger partial charge on any atom is 0.122 e. The van der Waals surface area contributed by atoms with E-state index in [1.165, 1.54) is 25.7 Å². The SMILES string of the molecule is CCC1CCC(C(O)Cc2ccccc2OC)C1. The molecular weight excluding hydrogens is 224 g/mol. The molecule has 1 N–H and O–H groups in total. The summed E-state index contributed by atoms with van der Waals surface area (Å²) in [4.78, 5) is 0. The van der Waals surface area contributed by atoms with Crippen molar-refractivity contribution in [1.29, 1.82) is 0 Å². The summed E-state index contributed by atoms with van der Waals surface area (Å²) < 4.78 is 5.34. The number of para-hydroxylation sites is 1. The van der Waals surface area contributed by atoms with E-state index in [1.807, 2.05) is 24.3 Å². The molecule has 1 aromatic carbocycles. The molecule has 18 heavy (non-hydrogen) atoms. The number of hydrogen-bond donors (Lipinski definition) is 1. The summed E-state index contributed by atoms with van der Waals surface area (Å²) in [7, 11) is 1.69. The molecule has 0 spiro atoms. The van der Waals surface area contributed by atoms with Gasteiger partial charge in [-0.05, 0) is 36.3 Å². The minimum atomic E-state index is -0.224. The van der Waals surface area contributed by atoms with Crippen LogP contribution in [-0.2, 0) is 6.42 Å². The summed E-state index contributed by atoms with van der Waals surface area (Å²) >= 11 is 0. The lowest BCUT2D eigenvalue weighted by Gasteiger charge is -2.19. The van der Waals surface area contributed by atoms with Crippen molar-refractivity contribution in [3.05, 3.63) is 29.8 Å². The first-order valence-corrected chi connectivity index (χ1v) is 7.04. The summed E-state index contributed by atoms with van der Waals surface area (Å²) in [5.74, 6) is 2.18. The van der Waals surface area contributed by atoms with Gasteiger partial charge in [-0.1, -0.05) is 38.0 Å². The van der Waals surface area contributed by atoms with Crippen LogP contribution in [0, 0.1) is 11.8 Å². The molecule has 0 heterocycles. The average molecular weight is 248 g/mol. The molecule has 0 saturated heterocycles. The molecule has 0 bridgehead atoms. The highest BCUT2D eigenvalue weighted by Crippen LogP contribution is 2.36. The molecule has 0 amide bonds. The van der Waals surface area contributed by atoms with Gasteiger partial charge in [-0.15, -0.1) is 0 Å². The van der Waals surface area contributed by atoms with E-state index in [1.54, 1.807) is 7.11 Å². The van der Waals surface area contributed by atoms with Gasteiger partial charge in [0.1, 0.15) is 5.75 Å². The molecule has 1 fully saturated rings. The molecule has 2 heteroatoms. The van der Waals surface area contributed by atoms with Crippen LogP contribution in [0.15, 0.2) is 24.3 Å². The van der Waals surface area contributed by atoms with Gasteiger partial charge in [-0.3, -0.25) is 0 Å². The highest BCUT2D eigenvalue weighted by molar-refractivity contribution is 5.33. The van der Waals surface area contributed by atoms with Gasteiger partial charge in [-0.2, -0.15) is 0 Å². The Hall–Kier alpha value is -1.02. The Bertz CT molecular complexity index is 375. The van der Waals surface area contributed by atoms with Crippen LogP contribution in [0.4, 0.5) is 0 Å². The summed E-state index contributed by atoms with van der Waals surface area (Å²) in [5, 5.41) is 10.4. The van der Waals surface area contributed by atoms with E-state index < -0.39 is 0 Å². The summed E-state index contributed by atoms with van der Waals surface area (Å²) in [6.45, 7) is 2.25. The van der Waals surface area contributed by atoms with E-state index in [2.05, 4.69) is 6.92 Å². The van der Waals surface area contributed by atoms with E-state index in [-0.39, 0.29) is 6.10 Å². The number of ether oxygens (including phenoxy) is 1. The molecule has 1 aliphatic carbocycles. The normalized spacial score (nSPS) is 25.1. The molecular formula is C16H24O2. The number of hydrogen-bond acceptors (Lipinski definition) is 2. The fourth-order valence-corrected chi connectivity index (χ4v) is 3.10.